The Morgan fingerprint density at radius 3 is 2.75 bits per heavy atom. The maximum Gasteiger partial charge on any atom is 0.266 e. The van der Waals surface area contributed by atoms with Gasteiger partial charge in [0.1, 0.15) is 16.6 Å². The number of hydrogen-bond donors (Lipinski definition) is 2. The van der Waals surface area contributed by atoms with E-state index in [0.717, 1.165) is 49.0 Å². The van der Waals surface area contributed by atoms with E-state index in [-0.39, 0.29) is 5.57 Å². The first-order chi connectivity index (χ1) is 15.5. The van der Waals surface area contributed by atoms with E-state index < -0.39 is 11.8 Å². The summed E-state index contributed by atoms with van der Waals surface area (Å²) in [5.41, 5.74) is 7.42. The molecule has 32 heavy (non-hydrogen) atoms. The number of primary amides is 1. The molecule has 0 aliphatic heterocycles. The Labute approximate surface area is 191 Å². The summed E-state index contributed by atoms with van der Waals surface area (Å²) in [5.74, 6) is -0.0211. The highest BCUT2D eigenvalue weighted by Crippen LogP contribution is 2.38. The van der Waals surface area contributed by atoms with Crippen molar-refractivity contribution in [1.82, 2.24) is 0 Å². The van der Waals surface area contributed by atoms with Gasteiger partial charge in [-0.25, -0.2) is 0 Å². The number of carbonyl (C=O) groups is 2. The Morgan fingerprint density at radius 2 is 2.06 bits per heavy atom. The van der Waals surface area contributed by atoms with E-state index in [9.17, 15) is 14.9 Å². The molecule has 0 saturated heterocycles. The first-order valence-corrected chi connectivity index (χ1v) is 11.5. The molecular weight excluding hydrogens is 426 g/mol. The maximum absolute atomic E-state index is 12.8. The minimum atomic E-state index is -0.587. The van der Waals surface area contributed by atoms with Crippen molar-refractivity contribution < 1.29 is 19.1 Å². The maximum atomic E-state index is 12.8. The molecule has 2 amide bonds. The summed E-state index contributed by atoms with van der Waals surface area (Å²) >= 11 is 1.36. The zero-order valence-corrected chi connectivity index (χ0v) is 19.1. The lowest BCUT2D eigenvalue weighted by molar-refractivity contribution is -0.112. The fourth-order valence-electron chi connectivity index (χ4n) is 3.62. The van der Waals surface area contributed by atoms with Crippen LogP contribution in [0.3, 0.4) is 0 Å². The molecule has 3 N–H and O–H groups in total. The van der Waals surface area contributed by atoms with Crippen LogP contribution in [-0.2, 0) is 17.6 Å². The summed E-state index contributed by atoms with van der Waals surface area (Å²) in [5, 5.41) is 12.7. The van der Waals surface area contributed by atoms with Gasteiger partial charge in [0.25, 0.3) is 11.8 Å². The highest BCUT2D eigenvalue weighted by atomic mass is 32.1. The van der Waals surface area contributed by atoms with Gasteiger partial charge >= 0.3 is 0 Å². The van der Waals surface area contributed by atoms with Gasteiger partial charge < -0.3 is 20.5 Å². The van der Waals surface area contributed by atoms with Gasteiger partial charge in [0, 0.05) is 4.88 Å². The SMILES string of the molecule is CCCCOc1ccc(/C=C(/C#N)C(=O)Nc2sc3c(c2C(N)=O)CCCC3)cc1OC. The van der Waals surface area contributed by atoms with Gasteiger partial charge in [0.05, 0.1) is 19.3 Å². The van der Waals surface area contributed by atoms with Crippen molar-refractivity contribution in [2.24, 2.45) is 5.73 Å². The number of anilines is 1. The van der Waals surface area contributed by atoms with Crippen LogP contribution < -0.4 is 20.5 Å². The van der Waals surface area contributed by atoms with Crippen LogP contribution in [0.2, 0.25) is 0 Å². The number of rotatable bonds is 9. The molecule has 168 valence electrons. The zero-order valence-electron chi connectivity index (χ0n) is 18.3. The molecule has 1 aliphatic rings. The third kappa shape index (κ3) is 5.29. The van der Waals surface area contributed by atoms with Crippen molar-refractivity contribution in [1.29, 1.82) is 5.26 Å². The van der Waals surface area contributed by atoms with Crippen molar-refractivity contribution in [2.45, 2.75) is 45.4 Å². The molecule has 0 atom stereocenters. The number of fused-ring (bicyclic) bond motifs is 1. The second-order valence-corrected chi connectivity index (χ2v) is 8.62. The van der Waals surface area contributed by atoms with Crippen molar-refractivity contribution in [2.75, 3.05) is 19.0 Å². The molecule has 0 radical (unpaired) electrons. The fourth-order valence-corrected chi connectivity index (χ4v) is 4.91. The number of ether oxygens (including phenoxy) is 2. The van der Waals surface area contributed by atoms with Crippen LogP contribution in [0.5, 0.6) is 11.5 Å². The molecule has 1 heterocycles. The monoisotopic (exact) mass is 453 g/mol. The lowest BCUT2D eigenvalue weighted by atomic mass is 9.95. The Balaban J connectivity index is 1.83. The third-order valence-electron chi connectivity index (χ3n) is 5.26. The largest absolute Gasteiger partial charge is 0.493 e. The van der Waals surface area contributed by atoms with Crippen LogP contribution in [0.15, 0.2) is 23.8 Å². The van der Waals surface area contributed by atoms with E-state index in [1.165, 1.54) is 24.5 Å². The Kier molecular flexibility index (Phi) is 7.90. The number of aryl methyl sites for hydroxylation is 1. The van der Waals surface area contributed by atoms with Crippen LogP contribution in [-0.4, -0.2) is 25.5 Å². The van der Waals surface area contributed by atoms with E-state index in [1.54, 1.807) is 18.2 Å². The van der Waals surface area contributed by atoms with Gasteiger partial charge in [-0.3, -0.25) is 9.59 Å². The first-order valence-electron chi connectivity index (χ1n) is 10.7. The van der Waals surface area contributed by atoms with Crippen molar-refractivity contribution >= 4 is 34.2 Å². The molecular formula is C24H27N3O4S. The fraction of sp³-hybridized carbons (Fsp3) is 0.375. The van der Waals surface area contributed by atoms with Gasteiger partial charge in [-0.05, 0) is 61.4 Å². The molecule has 0 fully saturated rings. The van der Waals surface area contributed by atoms with Crippen molar-refractivity contribution in [3.63, 3.8) is 0 Å². The summed E-state index contributed by atoms with van der Waals surface area (Å²) in [6, 6.07) is 7.17. The lowest BCUT2D eigenvalue weighted by Gasteiger charge is -2.11. The number of carbonyl (C=O) groups excluding carboxylic acids is 2. The summed E-state index contributed by atoms with van der Waals surface area (Å²) < 4.78 is 11.1. The van der Waals surface area contributed by atoms with Crippen molar-refractivity contribution in [3.05, 3.63) is 45.3 Å². The molecule has 7 nitrogen and oxygen atoms in total. The summed E-state index contributed by atoms with van der Waals surface area (Å²) in [6.45, 7) is 2.67. The second kappa shape index (κ2) is 10.8. The van der Waals surface area contributed by atoms with Gasteiger partial charge in [-0.1, -0.05) is 19.4 Å². The third-order valence-corrected chi connectivity index (χ3v) is 6.47. The number of benzene rings is 1. The van der Waals surface area contributed by atoms with Crippen LogP contribution >= 0.6 is 11.3 Å². The van der Waals surface area contributed by atoms with E-state index in [0.29, 0.717) is 34.2 Å². The highest BCUT2D eigenvalue weighted by molar-refractivity contribution is 7.17. The molecule has 3 rings (SSSR count). The quantitative estimate of drug-likeness (QED) is 0.330. The number of nitrogens with one attached hydrogen (secondary N) is 1. The number of hydrogen-bond acceptors (Lipinski definition) is 6. The van der Waals surface area contributed by atoms with Crippen molar-refractivity contribution in [3.8, 4) is 17.6 Å². The van der Waals surface area contributed by atoms with E-state index in [1.807, 2.05) is 6.07 Å². The number of nitriles is 1. The van der Waals surface area contributed by atoms with Crippen LogP contribution in [0, 0.1) is 11.3 Å². The molecule has 8 heteroatoms. The molecule has 0 bridgehead atoms. The van der Waals surface area contributed by atoms with Crippen LogP contribution in [0.25, 0.3) is 6.08 Å². The standard InChI is InChI=1S/C24H27N3O4S/c1-3-4-11-31-18-10-9-15(13-19(18)30-2)12-16(14-25)23(29)27-24-21(22(26)28)17-7-5-6-8-20(17)32-24/h9-10,12-13H,3-8,11H2,1-2H3,(H2,26,28)(H,27,29)/b16-12-. The van der Waals surface area contributed by atoms with Crippen LogP contribution in [0.1, 0.15) is 59.0 Å². The van der Waals surface area contributed by atoms with E-state index >= 15 is 0 Å². The van der Waals surface area contributed by atoms with E-state index in [4.69, 9.17) is 15.2 Å². The zero-order chi connectivity index (χ0) is 23.1. The molecule has 0 saturated carbocycles. The van der Waals surface area contributed by atoms with Gasteiger partial charge in [-0.2, -0.15) is 5.26 Å². The number of unbranched alkanes of at least 4 members (excludes halogenated alkanes) is 1. The number of nitrogens with zero attached hydrogens (tertiary/aromatic N) is 1. The first kappa shape index (κ1) is 23.4. The Bertz CT molecular complexity index is 1080. The van der Waals surface area contributed by atoms with E-state index in [2.05, 4.69) is 12.2 Å². The summed E-state index contributed by atoms with van der Waals surface area (Å²) in [7, 11) is 1.54. The van der Waals surface area contributed by atoms with Gasteiger partial charge in [-0.15, -0.1) is 11.3 Å². The second-order valence-electron chi connectivity index (χ2n) is 7.52. The number of amides is 2. The summed E-state index contributed by atoms with van der Waals surface area (Å²) in [4.78, 5) is 25.9. The predicted octanol–water partition coefficient (Wildman–Crippen LogP) is 4.46. The minimum absolute atomic E-state index is 0.0894. The molecule has 1 aliphatic carbocycles. The molecule has 1 aromatic carbocycles. The smallest absolute Gasteiger partial charge is 0.266 e. The Morgan fingerprint density at radius 1 is 1.28 bits per heavy atom. The molecule has 1 aromatic heterocycles. The number of nitrogens with two attached hydrogens (primary N) is 1. The van der Waals surface area contributed by atoms with Gasteiger partial charge in [0.15, 0.2) is 11.5 Å². The number of methoxy groups -OCH3 is 1. The molecule has 0 unspecified atom stereocenters. The summed E-state index contributed by atoms with van der Waals surface area (Å²) in [6.07, 6.45) is 7.10. The average molecular weight is 454 g/mol. The predicted molar refractivity (Wildman–Crippen MR) is 125 cm³/mol. The number of thiophene rings is 1. The molecule has 2 aromatic rings. The average Bonchev–Trinajstić information content (AvgIpc) is 3.16. The topological polar surface area (TPSA) is 114 Å². The highest BCUT2D eigenvalue weighted by Gasteiger charge is 2.25. The minimum Gasteiger partial charge on any atom is -0.493 e. The van der Waals surface area contributed by atoms with Crippen LogP contribution in [0.4, 0.5) is 5.00 Å². The van der Waals surface area contributed by atoms with Gasteiger partial charge in [0.2, 0.25) is 0 Å². The normalized spacial score (nSPS) is 13.1. The lowest BCUT2D eigenvalue weighted by Crippen LogP contribution is -2.19. The molecule has 0 spiro atoms. The Hall–Kier alpha value is -3.31.